The van der Waals surface area contributed by atoms with Crippen LogP contribution in [0.15, 0.2) is 48.5 Å². The molecule has 0 saturated carbocycles. The van der Waals surface area contributed by atoms with E-state index >= 15 is 0 Å². The lowest BCUT2D eigenvalue weighted by Crippen LogP contribution is -2.15. The third-order valence-electron chi connectivity index (χ3n) is 3.57. The fourth-order valence-electron chi connectivity index (χ4n) is 2.47. The van der Waals surface area contributed by atoms with Crippen LogP contribution in [0.5, 0.6) is 11.5 Å². The van der Waals surface area contributed by atoms with Gasteiger partial charge in [-0.15, -0.1) is 0 Å². The highest BCUT2D eigenvalue weighted by Crippen LogP contribution is 2.32. The monoisotopic (exact) mass is 301 g/mol. The van der Waals surface area contributed by atoms with Crippen molar-refractivity contribution in [2.45, 2.75) is 12.3 Å². The summed E-state index contributed by atoms with van der Waals surface area (Å²) in [5.74, 6) is 0.990. The highest BCUT2D eigenvalue weighted by molar-refractivity contribution is 5.44. The Morgan fingerprint density at radius 1 is 1.05 bits per heavy atom. The zero-order chi connectivity index (χ0) is 15.9. The number of nitrogens with zero attached hydrogens (tertiary/aromatic N) is 1. The van der Waals surface area contributed by atoms with Crippen LogP contribution < -0.4 is 9.47 Å². The van der Waals surface area contributed by atoms with Gasteiger partial charge in [0.25, 0.3) is 0 Å². The Balaban J connectivity index is 2.30. The van der Waals surface area contributed by atoms with E-state index in [4.69, 9.17) is 9.47 Å². The molecule has 0 radical (unpaired) electrons. The van der Waals surface area contributed by atoms with Gasteiger partial charge in [0.2, 0.25) is 6.54 Å². The van der Waals surface area contributed by atoms with Crippen LogP contribution in [0.25, 0.3) is 0 Å². The second-order valence-corrected chi connectivity index (χ2v) is 5.02. The first-order valence-electron chi connectivity index (χ1n) is 7.01. The molecule has 2 aromatic carbocycles. The Bertz CT molecular complexity index is 628. The van der Waals surface area contributed by atoms with Gasteiger partial charge < -0.3 is 9.47 Å². The minimum absolute atomic E-state index is 0.121. The van der Waals surface area contributed by atoms with Crippen LogP contribution in [0.1, 0.15) is 17.0 Å². The largest absolute Gasteiger partial charge is 0.493 e. The quantitative estimate of drug-likeness (QED) is 0.581. The summed E-state index contributed by atoms with van der Waals surface area (Å²) in [7, 11) is 3.12. The summed E-state index contributed by atoms with van der Waals surface area (Å²) in [6.45, 7) is -0.121. The molecule has 0 saturated heterocycles. The molecule has 22 heavy (non-hydrogen) atoms. The van der Waals surface area contributed by atoms with Gasteiger partial charge in [0, 0.05) is 4.92 Å². The Labute approximate surface area is 129 Å². The van der Waals surface area contributed by atoms with Crippen LogP contribution in [0.2, 0.25) is 0 Å². The van der Waals surface area contributed by atoms with Crippen molar-refractivity contribution in [2.75, 3.05) is 20.8 Å². The SMILES string of the molecule is COc1ccc(C(Cc2ccccc2)C[N+](=O)[O-])cc1OC. The third kappa shape index (κ3) is 3.97. The van der Waals surface area contributed by atoms with Gasteiger partial charge in [-0.25, -0.2) is 0 Å². The molecule has 0 fully saturated rings. The van der Waals surface area contributed by atoms with Crippen molar-refractivity contribution in [1.82, 2.24) is 0 Å². The normalized spacial score (nSPS) is 11.7. The number of rotatable bonds is 7. The second kappa shape index (κ2) is 7.45. The Hall–Kier alpha value is -2.56. The molecule has 2 rings (SSSR count). The molecule has 0 amide bonds. The molecule has 1 atom stereocenters. The number of nitro groups is 1. The fourth-order valence-corrected chi connectivity index (χ4v) is 2.47. The molecule has 0 N–H and O–H groups in total. The summed E-state index contributed by atoms with van der Waals surface area (Å²) >= 11 is 0. The van der Waals surface area contributed by atoms with Crippen LogP contribution in [0, 0.1) is 10.1 Å². The van der Waals surface area contributed by atoms with Crippen molar-refractivity contribution in [2.24, 2.45) is 0 Å². The van der Waals surface area contributed by atoms with E-state index < -0.39 is 0 Å². The predicted molar refractivity (Wildman–Crippen MR) is 84.3 cm³/mol. The molecule has 116 valence electrons. The molecule has 1 unspecified atom stereocenters. The van der Waals surface area contributed by atoms with Gasteiger partial charge in [-0.3, -0.25) is 10.1 Å². The molecule has 5 nitrogen and oxygen atoms in total. The lowest BCUT2D eigenvalue weighted by atomic mass is 9.91. The number of hydrogen-bond acceptors (Lipinski definition) is 4. The molecule has 0 heterocycles. The maximum Gasteiger partial charge on any atom is 0.211 e. The van der Waals surface area contributed by atoms with E-state index in [0.29, 0.717) is 17.9 Å². The molecule has 0 spiro atoms. The number of hydrogen-bond donors (Lipinski definition) is 0. The molecule has 0 aliphatic heterocycles. The van der Waals surface area contributed by atoms with Crippen molar-refractivity contribution in [3.63, 3.8) is 0 Å². The van der Waals surface area contributed by atoms with Gasteiger partial charge >= 0.3 is 0 Å². The van der Waals surface area contributed by atoms with E-state index in [0.717, 1.165) is 11.1 Å². The molecule has 0 aliphatic rings. The maximum absolute atomic E-state index is 11.0. The minimum Gasteiger partial charge on any atom is -0.493 e. The molecule has 0 bridgehead atoms. The maximum atomic E-state index is 11.0. The van der Waals surface area contributed by atoms with Crippen molar-refractivity contribution in [1.29, 1.82) is 0 Å². The van der Waals surface area contributed by atoms with Crippen LogP contribution in [-0.2, 0) is 6.42 Å². The van der Waals surface area contributed by atoms with E-state index in [1.54, 1.807) is 20.3 Å². The van der Waals surface area contributed by atoms with Crippen molar-refractivity contribution in [3.05, 3.63) is 69.8 Å². The molecular weight excluding hydrogens is 282 g/mol. The third-order valence-corrected chi connectivity index (χ3v) is 3.57. The summed E-state index contributed by atoms with van der Waals surface area (Å²) in [6, 6.07) is 15.2. The van der Waals surface area contributed by atoms with Crippen LogP contribution >= 0.6 is 0 Å². The summed E-state index contributed by atoms with van der Waals surface area (Å²) in [5, 5.41) is 11.0. The van der Waals surface area contributed by atoms with Gasteiger partial charge in [-0.2, -0.15) is 0 Å². The molecule has 5 heteroatoms. The Morgan fingerprint density at radius 2 is 1.73 bits per heavy atom. The first-order chi connectivity index (χ1) is 10.6. The average Bonchev–Trinajstić information content (AvgIpc) is 2.54. The average molecular weight is 301 g/mol. The highest BCUT2D eigenvalue weighted by Gasteiger charge is 2.20. The van der Waals surface area contributed by atoms with Gasteiger partial charge in [-0.1, -0.05) is 36.4 Å². The lowest BCUT2D eigenvalue weighted by molar-refractivity contribution is -0.483. The van der Waals surface area contributed by atoms with Crippen LogP contribution in [-0.4, -0.2) is 25.7 Å². The zero-order valence-corrected chi connectivity index (χ0v) is 12.7. The summed E-state index contributed by atoms with van der Waals surface area (Å²) in [4.78, 5) is 10.7. The van der Waals surface area contributed by atoms with Crippen molar-refractivity contribution < 1.29 is 14.4 Å². The van der Waals surface area contributed by atoms with Crippen molar-refractivity contribution >= 4 is 0 Å². The molecule has 0 aliphatic carbocycles. The minimum atomic E-state index is -0.273. The van der Waals surface area contributed by atoms with Gasteiger partial charge in [-0.05, 0) is 29.7 Å². The van der Waals surface area contributed by atoms with E-state index in [2.05, 4.69) is 0 Å². The van der Waals surface area contributed by atoms with Crippen molar-refractivity contribution in [3.8, 4) is 11.5 Å². The summed E-state index contributed by atoms with van der Waals surface area (Å²) in [6.07, 6.45) is 0.608. The molecule has 2 aromatic rings. The fraction of sp³-hybridized carbons (Fsp3) is 0.294. The smallest absolute Gasteiger partial charge is 0.211 e. The molecule has 0 aromatic heterocycles. The van der Waals surface area contributed by atoms with Gasteiger partial charge in [0.15, 0.2) is 11.5 Å². The number of methoxy groups -OCH3 is 2. The topological polar surface area (TPSA) is 61.6 Å². The highest BCUT2D eigenvalue weighted by atomic mass is 16.6. The van der Waals surface area contributed by atoms with E-state index in [1.165, 1.54) is 0 Å². The summed E-state index contributed by atoms with van der Waals surface area (Å²) in [5.41, 5.74) is 1.95. The zero-order valence-electron chi connectivity index (χ0n) is 12.7. The molecular formula is C17H19NO4. The van der Waals surface area contributed by atoms with E-state index in [9.17, 15) is 10.1 Å². The lowest BCUT2D eigenvalue weighted by Gasteiger charge is -2.16. The Morgan fingerprint density at radius 3 is 2.32 bits per heavy atom. The van der Waals surface area contributed by atoms with Crippen LogP contribution in [0.4, 0.5) is 0 Å². The predicted octanol–water partition coefficient (Wildman–Crippen LogP) is 3.31. The second-order valence-electron chi connectivity index (χ2n) is 5.02. The summed E-state index contributed by atoms with van der Waals surface area (Å²) < 4.78 is 10.5. The van der Waals surface area contributed by atoms with Crippen LogP contribution in [0.3, 0.4) is 0 Å². The van der Waals surface area contributed by atoms with E-state index in [1.807, 2.05) is 42.5 Å². The van der Waals surface area contributed by atoms with Gasteiger partial charge in [0.05, 0.1) is 20.1 Å². The van der Waals surface area contributed by atoms with E-state index in [-0.39, 0.29) is 17.4 Å². The first kappa shape index (κ1) is 15.8. The number of ether oxygens (including phenoxy) is 2. The van der Waals surface area contributed by atoms with Gasteiger partial charge in [0.1, 0.15) is 0 Å². The number of benzene rings is 2. The standard InChI is InChI=1S/C17H19NO4/c1-21-16-9-8-14(11-17(16)22-2)15(12-18(19)20)10-13-6-4-3-5-7-13/h3-9,11,15H,10,12H2,1-2H3. The first-order valence-corrected chi connectivity index (χ1v) is 7.01. The Kier molecular flexibility index (Phi) is 5.36.